The van der Waals surface area contributed by atoms with Crippen LogP contribution in [0.3, 0.4) is 0 Å². The zero-order valence-corrected chi connectivity index (χ0v) is 6.05. The van der Waals surface area contributed by atoms with Gasteiger partial charge >= 0.3 is 5.97 Å². The normalized spacial score (nSPS) is 11.2. The SMILES string of the molecule is CCC(=O)/C(C)=C/C(=O)O. The van der Waals surface area contributed by atoms with E-state index in [0.717, 1.165) is 6.08 Å². The number of hydrogen-bond acceptors (Lipinski definition) is 2. The Morgan fingerprint density at radius 1 is 1.50 bits per heavy atom. The molecule has 0 aromatic heterocycles. The zero-order valence-electron chi connectivity index (χ0n) is 6.05. The minimum atomic E-state index is -1.07. The molecule has 0 aromatic carbocycles. The molecule has 3 heteroatoms. The molecule has 0 radical (unpaired) electrons. The van der Waals surface area contributed by atoms with Gasteiger partial charge in [0.25, 0.3) is 0 Å². The molecule has 56 valence electrons. The Labute approximate surface area is 59.4 Å². The summed E-state index contributed by atoms with van der Waals surface area (Å²) in [7, 11) is 0. The van der Waals surface area contributed by atoms with Crippen LogP contribution in [0.4, 0.5) is 0 Å². The van der Waals surface area contributed by atoms with Crippen LogP contribution in [0.25, 0.3) is 0 Å². The molecule has 0 saturated heterocycles. The number of rotatable bonds is 3. The van der Waals surface area contributed by atoms with E-state index in [1.54, 1.807) is 6.92 Å². The molecule has 0 bridgehead atoms. The summed E-state index contributed by atoms with van der Waals surface area (Å²) in [5, 5.41) is 8.20. The van der Waals surface area contributed by atoms with Gasteiger partial charge in [0.05, 0.1) is 0 Å². The molecule has 0 spiro atoms. The molecule has 0 saturated carbocycles. The molecular weight excluding hydrogens is 132 g/mol. The van der Waals surface area contributed by atoms with Gasteiger partial charge in [-0.25, -0.2) is 4.79 Å². The minimum absolute atomic E-state index is 0.123. The maximum Gasteiger partial charge on any atom is 0.328 e. The highest BCUT2D eigenvalue weighted by atomic mass is 16.4. The lowest BCUT2D eigenvalue weighted by atomic mass is 10.1. The number of hydrogen-bond donors (Lipinski definition) is 1. The highest BCUT2D eigenvalue weighted by molar-refractivity contribution is 5.99. The van der Waals surface area contributed by atoms with Gasteiger partial charge in [0, 0.05) is 12.5 Å². The van der Waals surface area contributed by atoms with Crippen LogP contribution in [0.2, 0.25) is 0 Å². The maximum absolute atomic E-state index is 10.7. The Bertz CT molecular complexity index is 179. The molecule has 0 atom stereocenters. The van der Waals surface area contributed by atoms with E-state index in [0.29, 0.717) is 12.0 Å². The number of allylic oxidation sites excluding steroid dienone is 1. The zero-order chi connectivity index (χ0) is 8.15. The number of ketones is 1. The van der Waals surface area contributed by atoms with Crippen LogP contribution >= 0.6 is 0 Å². The smallest absolute Gasteiger partial charge is 0.328 e. The number of carbonyl (C=O) groups is 2. The fourth-order valence-corrected chi connectivity index (χ4v) is 0.545. The average Bonchev–Trinajstić information content (AvgIpc) is 1.85. The second-order valence-electron chi connectivity index (χ2n) is 1.94. The van der Waals surface area contributed by atoms with E-state index in [4.69, 9.17) is 5.11 Å². The summed E-state index contributed by atoms with van der Waals surface area (Å²) in [6.45, 7) is 3.20. The lowest BCUT2D eigenvalue weighted by Crippen LogP contribution is -1.99. The first-order valence-electron chi connectivity index (χ1n) is 3.02. The van der Waals surface area contributed by atoms with Crippen molar-refractivity contribution >= 4 is 11.8 Å². The number of carboxylic acid groups (broad SMARTS) is 1. The first-order valence-corrected chi connectivity index (χ1v) is 3.02. The number of aliphatic carboxylic acids is 1. The predicted octanol–water partition coefficient (Wildman–Crippen LogP) is 0.996. The predicted molar refractivity (Wildman–Crippen MR) is 36.7 cm³/mol. The van der Waals surface area contributed by atoms with Gasteiger partial charge in [-0.05, 0) is 12.5 Å². The first kappa shape index (κ1) is 8.88. The Kier molecular flexibility index (Phi) is 3.39. The van der Waals surface area contributed by atoms with Gasteiger partial charge in [-0.15, -0.1) is 0 Å². The standard InChI is InChI=1S/C7H10O3/c1-3-6(8)5(2)4-7(9)10/h4H,3H2,1-2H3,(H,9,10)/b5-4+. The molecule has 0 rings (SSSR count). The Hall–Kier alpha value is -1.12. The monoisotopic (exact) mass is 142 g/mol. The van der Waals surface area contributed by atoms with Crippen molar-refractivity contribution in [2.75, 3.05) is 0 Å². The summed E-state index contributed by atoms with van der Waals surface area (Å²) in [6.07, 6.45) is 1.28. The molecule has 10 heavy (non-hydrogen) atoms. The second-order valence-corrected chi connectivity index (χ2v) is 1.94. The Balaban J connectivity index is 4.19. The minimum Gasteiger partial charge on any atom is -0.478 e. The fourth-order valence-electron chi connectivity index (χ4n) is 0.545. The Morgan fingerprint density at radius 2 is 2.00 bits per heavy atom. The van der Waals surface area contributed by atoms with Crippen molar-refractivity contribution < 1.29 is 14.7 Å². The lowest BCUT2D eigenvalue weighted by molar-refractivity contribution is -0.131. The van der Waals surface area contributed by atoms with Crippen molar-refractivity contribution in [3.05, 3.63) is 11.6 Å². The van der Waals surface area contributed by atoms with Crippen LogP contribution < -0.4 is 0 Å². The molecule has 0 aromatic rings. The van der Waals surface area contributed by atoms with Crippen molar-refractivity contribution in [3.8, 4) is 0 Å². The highest BCUT2D eigenvalue weighted by Gasteiger charge is 2.01. The largest absolute Gasteiger partial charge is 0.478 e. The molecule has 0 fully saturated rings. The number of carbonyl (C=O) groups excluding carboxylic acids is 1. The van der Waals surface area contributed by atoms with E-state index in [1.807, 2.05) is 0 Å². The van der Waals surface area contributed by atoms with E-state index in [2.05, 4.69) is 0 Å². The molecule has 0 amide bonds. The van der Waals surface area contributed by atoms with Crippen molar-refractivity contribution in [3.63, 3.8) is 0 Å². The van der Waals surface area contributed by atoms with E-state index < -0.39 is 5.97 Å². The summed E-state index contributed by atoms with van der Waals surface area (Å²) in [6, 6.07) is 0. The summed E-state index contributed by atoms with van der Waals surface area (Å²) in [5.41, 5.74) is 0.301. The number of Topliss-reactive ketones (excluding diaryl/α,β-unsaturated/α-hetero) is 1. The maximum atomic E-state index is 10.7. The molecule has 0 aliphatic heterocycles. The van der Waals surface area contributed by atoms with Crippen molar-refractivity contribution in [2.45, 2.75) is 20.3 Å². The number of carboxylic acids is 1. The lowest BCUT2D eigenvalue weighted by Gasteiger charge is -1.92. The van der Waals surface area contributed by atoms with Gasteiger partial charge in [0.2, 0.25) is 0 Å². The molecule has 1 N–H and O–H groups in total. The third-order valence-corrected chi connectivity index (χ3v) is 1.10. The van der Waals surface area contributed by atoms with E-state index in [9.17, 15) is 9.59 Å². The van der Waals surface area contributed by atoms with Gasteiger partial charge < -0.3 is 5.11 Å². The van der Waals surface area contributed by atoms with Crippen LogP contribution in [0.1, 0.15) is 20.3 Å². The third kappa shape index (κ3) is 3.02. The van der Waals surface area contributed by atoms with Crippen molar-refractivity contribution in [2.24, 2.45) is 0 Å². The van der Waals surface area contributed by atoms with Crippen LogP contribution in [0.15, 0.2) is 11.6 Å². The van der Waals surface area contributed by atoms with Crippen LogP contribution in [-0.2, 0) is 9.59 Å². The average molecular weight is 142 g/mol. The molecule has 3 nitrogen and oxygen atoms in total. The van der Waals surface area contributed by atoms with E-state index >= 15 is 0 Å². The fraction of sp³-hybridized carbons (Fsp3) is 0.429. The van der Waals surface area contributed by atoms with Crippen LogP contribution in [0, 0.1) is 0 Å². The molecule has 0 unspecified atom stereocenters. The van der Waals surface area contributed by atoms with Crippen molar-refractivity contribution in [1.82, 2.24) is 0 Å². The van der Waals surface area contributed by atoms with Gasteiger partial charge in [0.15, 0.2) is 5.78 Å². The Morgan fingerprint density at radius 3 is 2.30 bits per heavy atom. The molecule has 0 aliphatic rings. The first-order chi connectivity index (χ1) is 4.57. The molecular formula is C7H10O3. The quantitative estimate of drug-likeness (QED) is 0.598. The van der Waals surface area contributed by atoms with Crippen LogP contribution in [-0.4, -0.2) is 16.9 Å². The molecule has 0 heterocycles. The van der Waals surface area contributed by atoms with E-state index in [-0.39, 0.29) is 5.78 Å². The second kappa shape index (κ2) is 3.82. The van der Waals surface area contributed by atoms with Gasteiger partial charge in [0.1, 0.15) is 0 Å². The summed E-state index contributed by atoms with van der Waals surface area (Å²) < 4.78 is 0. The topological polar surface area (TPSA) is 54.4 Å². The van der Waals surface area contributed by atoms with Gasteiger partial charge in [-0.2, -0.15) is 0 Å². The highest BCUT2D eigenvalue weighted by Crippen LogP contribution is 1.97. The summed E-state index contributed by atoms with van der Waals surface area (Å²) >= 11 is 0. The van der Waals surface area contributed by atoms with Gasteiger partial charge in [-0.3, -0.25) is 4.79 Å². The summed E-state index contributed by atoms with van der Waals surface area (Å²) in [5.74, 6) is -1.19. The van der Waals surface area contributed by atoms with Crippen molar-refractivity contribution in [1.29, 1.82) is 0 Å². The van der Waals surface area contributed by atoms with Crippen LogP contribution in [0.5, 0.6) is 0 Å². The van der Waals surface area contributed by atoms with Gasteiger partial charge in [-0.1, -0.05) is 6.92 Å². The molecule has 0 aliphatic carbocycles. The third-order valence-electron chi connectivity index (χ3n) is 1.10. The summed E-state index contributed by atoms with van der Waals surface area (Å²) in [4.78, 5) is 20.7. The van der Waals surface area contributed by atoms with E-state index in [1.165, 1.54) is 6.92 Å².